The van der Waals surface area contributed by atoms with Crippen LogP contribution in [-0.2, 0) is 20.2 Å². The minimum absolute atomic E-state index is 0.00648. The van der Waals surface area contributed by atoms with Crippen LogP contribution in [-0.4, -0.2) is 46.1 Å². The number of nitrogens with zero attached hydrogens (tertiary/aromatic N) is 6. The molecular weight excluding hydrogens is 737 g/mol. The molecule has 18 heteroatoms. The number of hydrogen-bond donors (Lipinski definition) is 4. The van der Waals surface area contributed by atoms with Crippen molar-refractivity contribution in [3.63, 3.8) is 0 Å². The predicted molar refractivity (Wildman–Crippen MR) is 193 cm³/mol. The van der Waals surface area contributed by atoms with Gasteiger partial charge in [0.15, 0.2) is 0 Å². The fraction of sp³-hybridized carbons (Fsp3) is 0.0303. The van der Waals surface area contributed by atoms with Crippen LogP contribution in [0.4, 0.5) is 22.7 Å². The van der Waals surface area contributed by atoms with Crippen molar-refractivity contribution in [3.8, 4) is 32.6 Å². The van der Waals surface area contributed by atoms with Gasteiger partial charge in [0.1, 0.15) is 37.8 Å². The average Bonchev–Trinajstić information content (AvgIpc) is 3.71. The Kier molecular flexibility index (Phi) is 8.66. The van der Waals surface area contributed by atoms with Crippen LogP contribution in [0.25, 0.3) is 41.6 Å². The third-order valence-electron chi connectivity index (χ3n) is 7.47. The van der Waals surface area contributed by atoms with Gasteiger partial charge in [-0.1, -0.05) is 6.07 Å². The van der Waals surface area contributed by atoms with E-state index in [1.54, 1.807) is 31.2 Å². The fourth-order valence-electron chi connectivity index (χ4n) is 4.99. The summed E-state index contributed by atoms with van der Waals surface area (Å²) in [6, 6.07) is 23.4. The Labute approximate surface area is 297 Å². The highest BCUT2D eigenvalue weighted by Gasteiger charge is 2.21. The zero-order valence-corrected chi connectivity index (χ0v) is 29.2. The second-order valence-corrected chi connectivity index (χ2v) is 15.8. The van der Waals surface area contributed by atoms with Crippen molar-refractivity contribution in [1.29, 1.82) is 0 Å². The minimum atomic E-state index is -4.43. The first-order chi connectivity index (χ1) is 24.2. The van der Waals surface area contributed by atoms with E-state index in [0.29, 0.717) is 26.5 Å². The number of aromatic hydroxyl groups is 2. The summed E-state index contributed by atoms with van der Waals surface area (Å²) >= 11 is 2.66. The summed E-state index contributed by atoms with van der Waals surface area (Å²) < 4.78 is 66.8. The van der Waals surface area contributed by atoms with Gasteiger partial charge < -0.3 is 10.2 Å². The number of aryl methyl sites for hydroxylation is 1. The molecular formula is C33H22N6O8S4. The number of benzene rings is 5. The second kappa shape index (κ2) is 13.0. The normalized spacial score (nSPS) is 12.5. The predicted octanol–water partition coefficient (Wildman–Crippen LogP) is 9.28. The Morgan fingerprint density at radius 2 is 1.14 bits per heavy atom. The maximum atomic E-state index is 12.1. The third-order valence-corrected chi connectivity index (χ3v) is 11.7. The van der Waals surface area contributed by atoms with Crippen molar-refractivity contribution in [2.45, 2.75) is 16.7 Å². The molecule has 0 aliphatic carbocycles. The van der Waals surface area contributed by atoms with Crippen LogP contribution in [0.1, 0.15) is 5.56 Å². The SMILES string of the molecule is Cc1ccc2nc(-c3ccc4nc(-c5ccc(N=Nc6cc(N=Nc7ccc(S(=O)(=O)O)cc7)c(O)cc6O)cc5)sc4c3)sc2c1S(=O)(=O)O. The van der Waals surface area contributed by atoms with Gasteiger partial charge in [0, 0.05) is 23.3 Å². The second-order valence-electron chi connectivity index (χ2n) is 11.0. The monoisotopic (exact) mass is 758 g/mol. The highest BCUT2D eigenvalue weighted by molar-refractivity contribution is 7.86. The third kappa shape index (κ3) is 7.09. The molecule has 0 bridgehead atoms. The molecule has 2 heterocycles. The van der Waals surface area contributed by atoms with E-state index in [1.165, 1.54) is 40.9 Å². The molecule has 0 saturated carbocycles. The van der Waals surface area contributed by atoms with Gasteiger partial charge in [-0.05, 0) is 85.3 Å². The highest BCUT2D eigenvalue weighted by atomic mass is 32.2. The van der Waals surface area contributed by atoms with Crippen LogP contribution in [0.2, 0.25) is 0 Å². The van der Waals surface area contributed by atoms with E-state index in [4.69, 9.17) is 9.54 Å². The molecule has 0 spiro atoms. The van der Waals surface area contributed by atoms with Crippen molar-refractivity contribution in [1.82, 2.24) is 9.97 Å². The standard InChI is InChI=1S/C33H22N6O8S4/c1-17-2-12-24-30(31(17)51(45,46)47)49-33(35-24)19-5-13-23-29(14-19)48-32(34-23)18-3-6-20(7-4-18)36-38-25-15-26(28(41)16-27(25)40)39-37-21-8-10-22(11-9-21)50(42,43)44/h2-16,40-41H,1H3,(H,42,43,44)(H,45,46,47). The van der Waals surface area contributed by atoms with E-state index in [2.05, 4.69) is 25.4 Å². The molecule has 0 unspecified atom stereocenters. The molecule has 0 atom stereocenters. The van der Waals surface area contributed by atoms with Crippen molar-refractivity contribution < 1.29 is 36.2 Å². The molecule has 4 N–H and O–H groups in total. The molecule has 5 aromatic carbocycles. The number of phenols is 2. The van der Waals surface area contributed by atoms with Gasteiger partial charge in [0.25, 0.3) is 20.2 Å². The van der Waals surface area contributed by atoms with Gasteiger partial charge in [-0.3, -0.25) is 9.11 Å². The molecule has 14 nitrogen and oxygen atoms in total. The lowest BCUT2D eigenvalue weighted by Crippen LogP contribution is -2.00. The molecule has 0 aliphatic heterocycles. The average molecular weight is 759 g/mol. The molecule has 51 heavy (non-hydrogen) atoms. The Balaban J connectivity index is 1.09. The van der Waals surface area contributed by atoms with Gasteiger partial charge >= 0.3 is 0 Å². The lowest BCUT2D eigenvalue weighted by atomic mass is 10.2. The number of thiazole rings is 2. The summed E-state index contributed by atoms with van der Waals surface area (Å²) in [4.78, 5) is 8.92. The lowest BCUT2D eigenvalue weighted by molar-refractivity contribution is 0.452. The first kappa shape index (κ1) is 34.0. The van der Waals surface area contributed by atoms with E-state index >= 15 is 0 Å². The minimum Gasteiger partial charge on any atom is -0.505 e. The Morgan fingerprint density at radius 3 is 1.75 bits per heavy atom. The maximum Gasteiger partial charge on any atom is 0.296 e. The zero-order valence-electron chi connectivity index (χ0n) is 25.9. The van der Waals surface area contributed by atoms with Crippen LogP contribution in [0.5, 0.6) is 11.5 Å². The van der Waals surface area contributed by atoms with Crippen molar-refractivity contribution >= 4 is 86.1 Å². The first-order valence-electron chi connectivity index (χ1n) is 14.6. The Bertz CT molecular complexity index is 2780. The van der Waals surface area contributed by atoms with Crippen molar-refractivity contribution in [2.75, 3.05) is 0 Å². The number of azo groups is 2. The van der Waals surface area contributed by atoms with E-state index < -0.39 is 20.2 Å². The Morgan fingerprint density at radius 1 is 0.588 bits per heavy atom. The molecule has 0 radical (unpaired) electrons. The smallest absolute Gasteiger partial charge is 0.296 e. The molecule has 0 fully saturated rings. The van der Waals surface area contributed by atoms with Crippen LogP contribution >= 0.6 is 22.7 Å². The number of hydrogen-bond acceptors (Lipinski definition) is 14. The van der Waals surface area contributed by atoms with E-state index in [9.17, 15) is 31.6 Å². The molecule has 0 saturated heterocycles. The van der Waals surface area contributed by atoms with Crippen LogP contribution in [0, 0.1) is 6.92 Å². The zero-order chi connectivity index (χ0) is 36.1. The molecule has 7 rings (SSSR count). The summed E-state index contributed by atoms with van der Waals surface area (Å²) in [5.41, 5.74) is 3.97. The fourth-order valence-corrected chi connectivity index (χ4v) is 8.78. The molecule has 0 amide bonds. The summed E-state index contributed by atoms with van der Waals surface area (Å²) in [5.74, 6) is -0.725. The molecule has 0 aliphatic rings. The number of rotatable bonds is 8. The van der Waals surface area contributed by atoms with Crippen LogP contribution in [0.15, 0.2) is 121 Å². The van der Waals surface area contributed by atoms with Gasteiger partial charge in [-0.2, -0.15) is 27.1 Å². The number of phenolic OH excluding ortho intramolecular Hbond substituents is 2. The largest absolute Gasteiger partial charge is 0.505 e. The van der Waals surface area contributed by atoms with Crippen molar-refractivity contribution in [3.05, 3.63) is 96.6 Å². The Hall–Kier alpha value is -5.50. The number of aromatic nitrogens is 2. The molecule has 7 aromatic rings. The summed E-state index contributed by atoms with van der Waals surface area (Å²) in [6.07, 6.45) is 0. The summed E-state index contributed by atoms with van der Waals surface area (Å²) in [6.45, 7) is 1.62. The molecule has 2 aromatic heterocycles. The van der Waals surface area contributed by atoms with Crippen molar-refractivity contribution in [2.24, 2.45) is 20.5 Å². The van der Waals surface area contributed by atoms with Crippen LogP contribution < -0.4 is 0 Å². The highest BCUT2D eigenvalue weighted by Crippen LogP contribution is 2.41. The van der Waals surface area contributed by atoms with Crippen LogP contribution in [0.3, 0.4) is 0 Å². The van der Waals surface area contributed by atoms with Gasteiger partial charge in [-0.15, -0.1) is 32.9 Å². The van der Waals surface area contributed by atoms with E-state index in [0.717, 1.165) is 44.6 Å². The topological polar surface area (TPSA) is 224 Å². The number of fused-ring (bicyclic) bond motifs is 2. The van der Waals surface area contributed by atoms with Gasteiger partial charge in [0.2, 0.25) is 0 Å². The summed E-state index contributed by atoms with van der Waals surface area (Å²) in [7, 11) is -8.79. The summed E-state index contributed by atoms with van der Waals surface area (Å²) in [5, 5.41) is 38.1. The quantitative estimate of drug-likeness (QED) is 0.0848. The first-order valence-corrected chi connectivity index (χ1v) is 19.1. The maximum absolute atomic E-state index is 12.1. The van der Waals surface area contributed by atoms with Gasteiger partial charge in [0.05, 0.1) is 36.7 Å². The molecule has 256 valence electrons. The van der Waals surface area contributed by atoms with E-state index in [1.807, 2.05) is 30.3 Å². The van der Waals surface area contributed by atoms with E-state index in [-0.39, 0.29) is 38.4 Å². The van der Waals surface area contributed by atoms with Gasteiger partial charge in [-0.25, -0.2) is 9.97 Å². The lowest BCUT2D eigenvalue weighted by Gasteiger charge is -2.03.